The molecule has 2 aromatic carbocycles. The van der Waals surface area contributed by atoms with Crippen LogP contribution in [0.25, 0.3) is 21.7 Å². The number of hydrogen-bond acceptors (Lipinski definition) is 5. The average molecular weight is 391 g/mol. The van der Waals surface area contributed by atoms with Crippen LogP contribution in [0.5, 0.6) is 0 Å². The van der Waals surface area contributed by atoms with Crippen molar-refractivity contribution in [1.29, 1.82) is 0 Å². The van der Waals surface area contributed by atoms with Crippen molar-refractivity contribution in [2.75, 3.05) is 6.26 Å². The smallest absolute Gasteiger partial charge is 0.310 e. The van der Waals surface area contributed by atoms with Gasteiger partial charge in [0.1, 0.15) is 10.8 Å². The van der Waals surface area contributed by atoms with Crippen LogP contribution in [0, 0.1) is 5.82 Å². The van der Waals surface area contributed by atoms with Gasteiger partial charge < -0.3 is 5.11 Å². The molecule has 134 valence electrons. The van der Waals surface area contributed by atoms with E-state index < -0.39 is 15.8 Å². The number of nitrogens with zero attached hydrogens (tertiary/aromatic N) is 1. The van der Waals surface area contributed by atoms with Crippen LogP contribution in [-0.4, -0.2) is 30.7 Å². The van der Waals surface area contributed by atoms with Crippen LogP contribution < -0.4 is 0 Å². The molecule has 3 rings (SSSR count). The Bertz CT molecular complexity index is 1060. The van der Waals surface area contributed by atoms with Crippen LogP contribution in [0.4, 0.5) is 4.39 Å². The van der Waals surface area contributed by atoms with E-state index in [1.807, 2.05) is 0 Å². The third-order valence-electron chi connectivity index (χ3n) is 3.64. The SMILES string of the molecule is CS(=O)(=O)c1ccc(-c2sc(CC(=O)O)nc2-c2ccc(F)cc2)cc1. The molecule has 0 fully saturated rings. The molecular formula is C18H14FNO4S2. The molecule has 0 radical (unpaired) electrons. The fourth-order valence-electron chi connectivity index (χ4n) is 2.42. The minimum absolute atomic E-state index is 0.194. The van der Waals surface area contributed by atoms with E-state index in [1.54, 1.807) is 24.3 Å². The predicted octanol–water partition coefficient (Wildman–Crippen LogP) is 3.65. The van der Waals surface area contributed by atoms with Gasteiger partial charge in [0, 0.05) is 11.8 Å². The molecule has 0 unspecified atom stereocenters. The predicted molar refractivity (Wildman–Crippen MR) is 97.4 cm³/mol. The van der Waals surface area contributed by atoms with E-state index in [1.165, 1.54) is 35.6 Å². The van der Waals surface area contributed by atoms with Crippen molar-refractivity contribution < 1.29 is 22.7 Å². The third-order valence-corrected chi connectivity index (χ3v) is 5.87. The van der Waals surface area contributed by atoms with Gasteiger partial charge in [-0.05, 0) is 42.0 Å². The topological polar surface area (TPSA) is 84.3 Å². The summed E-state index contributed by atoms with van der Waals surface area (Å²) in [4.78, 5) is 16.3. The second-order valence-corrected chi connectivity index (χ2v) is 8.76. The molecule has 0 saturated heterocycles. The molecular weight excluding hydrogens is 377 g/mol. The Labute approximate surface area is 153 Å². The van der Waals surface area contributed by atoms with Crippen molar-refractivity contribution >= 4 is 27.1 Å². The highest BCUT2D eigenvalue weighted by atomic mass is 32.2. The third kappa shape index (κ3) is 3.97. The number of halogens is 1. The van der Waals surface area contributed by atoms with Crippen LogP contribution in [0.1, 0.15) is 5.01 Å². The number of hydrogen-bond donors (Lipinski definition) is 1. The maximum absolute atomic E-state index is 13.2. The zero-order valence-electron chi connectivity index (χ0n) is 13.6. The number of rotatable bonds is 5. The molecule has 1 aromatic heterocycles. The van der Waals surface area contributed by atoms with Crippen molar-refractivity contribution in [3.8, 4) is 21.7 Å². The average Bonchev–Trinajstić information content (AvgIpc) is 2.98. The first-order valence-electron chi connectivity index (χ1n) is 7.52. The Kier molecular flexibility index (Phi) is 4.88. The summed E-state index contributed by atoms with van der Waals surface area (Å²) in [7, 11) is -3.31. The summed E-state index contributed by atoms with van der Waals surface area (Å²) in [5.41, 5.74) is 1.91. The molecule has 26 heavy (non-hydrogen) atoms. The van der Waals surface area contributed by atoms with Gasteiger partial charge in [0.2, 0.25) is 0 Å². The molecule has 0 aliphatic carbocycles. The Morgan fingerprint density at radius 2 is 1.65 bits per heavy atom. The van der Waals surface area contributed by atoms with Gasteiger partial charge in [0.15, 0.2) is 9.84 Å². The van der Waals surface area contributed by atoms with E-state index >= 15 is 0 Å². The van der Waals surface area contributed by atoms with E-state index in [-0.39, 0.29) is 17.1 Å². The van der Waals surface area contributed by atoms with E-state index in [0.29, 0.717) is 26.7 Å². The molecule has 3 aromatic rings. The summed E-state index contributed by atoms with van der Waals surface area (Å²) in [5, 5.41) is 9.44. The molecule has 0 aliphatic heterocycles. The molecule has 8 heteroatoms. The summed E-state index contributed by atoms with van der Waals surface area (Å²) in [5.74, 6) is -1.38. The van der Waals surface area contributed by atoms with Crippen molar-refractivity contribution in [2.24, 2.45) is 0 Å². The maximum Gasteiger partial charge on any atom is 0.310 e. The van der Waals surface area contributed by atoms with Crippen molar-refractivity contribution in [3.05, 3.63) is 59.4 Å². The van der Waals surface area contributed by atoms with E-state index in [9.17, 15) is 17.6 Å². The molecule has 1 heterocycles. The number of sulfone groups is 1. The highest BCUT2D eigenvalue weighted by molar-refractivity contribution is 7.90. The Balaban J connectivity index is 2.11. The minimum Gasteiger partial charge on any atom is -0.481 e. The van der Waals surface area contributed by atoms with Crippen LogP contribution in [-0.2, 0) is 21.1 Å². The molecule has 0 amide bonds. The number of benzene rings is 2. The number of thiazole rings is 1. The van der Waals surface area contributed by atoms with Crippen LogP contribution >= 0.6 is 11.3 Å². The van der Waals surface area contributed by atoms with Crippen LogP contribution in [0.2, 0.25) is 0 Å². The zero-order chi connectivity index (χ0) is 18.9. The number of aliphatic carboxylic acids is 1. The molecule has 1 N–H and O–H groups in total. The van der Waals surface area contributed by atoms with Gasteiger partial charge in [-0.25, -0.2) is 17.8 Å². The molecule has 0 spiro atoms. The lowest BCUT2D eigenvalue weighted by molar-refractivity contribution is -0.136. The summed E-state index contributed by atoms with van der Waals surface area (Å²) in [6.45, 7) is 0. The van der Waals surface area contributed by atoms with Gasteiger partial charge in [0.25, 0.3) is 0 Å². The van der Waals surface area contributed by atoms with Gasteiger partial charge in [-0.3, -0.25) is 4.79 Å². The van der Waals surface area contributed by atoms with Gasteiger partial charge in [-0.1, -0.05) is 12.1 Å². The van der Waals surface area contributed by atoms with Crippen molar-refractivity contribution in [3.63, 3.8) is 0 Å². The molecule has 0 bridgehead atoms. The first-order chi connectivity index (χ1) is 12.2. The highest BCUT2D eigenvalue weighted by Gasteiger charge is 2.17. The normalized spacial score (nSPS) is 11.5. The first kappa shape index (κ1) is 18.2. The van der Waals surface area contributed by atoms with Crippen molar-refractivity contribution in [2.45, 2.75) is 11.3 Å². The zero-order valence-corrected chi connectivity index (χ0v) is 15.3. The number of carboxylic acid groups (broad SMARTS) is 1. The lowest BCUT2D eigenvalue weighted by atomic mass is 10.1. The largest absolute Gasteiger partial charge is 0.481 e. The lowest BCUT2D eigenvalue weighted by Crippen LogP contribution is -1.99. The van der Waals surface area contributed by atoms with Crippen LogP contribution in [0.15, 0.2) is 53.4 Å². The van der Waals surface area contributed by atoms with Gasteiger partial charge in [0.05, 0.1) is 21.9 Å². The maximum atomic E-state index is 13.2. The quantitative estimate of drug-likeness (QED) is 0.718. The van der Waals surface area contributed by atoms with Gasteiger partial charge in [-0.2, -0.15) is 0 Å². The van der Waals surface area contributed by atoms with Crippen molar-refractivity contribution in [1.82, 2.24) is 4.98 Å². The van der Waals surface area contributed by atoms with Gasteiger partial charge >= 0.3 is 5.97 Å². The fourth-order valence-corrected chi connectivity index (χ4v) is 4.13. The Morgan fingerprint density at radius 1 is 1.08 bits per heavy atom. The van der Waals surface area contributed by atoms with E-state index in [4.69, 9.17) is 5.11 Å². The Hall–Kier alpha value is -2.58. The minimum atomic E-state index is -3.31. The van der Waals surface area contributed by atoms with Gasteiger partial charge in [-0.15, -0.1) is 11.3 Å². The van der Waals surface area contributed by atoms with Crippen LogP contribution in [0.3, 0.4) is 0 Å². The first-order valence-corrected chi connectivity index (χ1v) is 10.2. The van der Waals surface area contributed by atoms with E-state index in [0.717, 1.165) is 6.26 Å². The monoisotopic (exact) mass is 391 g/mol. The summed E-state index contributed by atoms with van der Waals surface area (Å²) >= 11 is 1.22. The standard InChI is InChI=1S/C18H14FNO4S2/c1-26(23,24)14-8-4-12(5-9-14)18-17(11-2-6-13(19)7-3-11)20-15(25-18)10-16(21)22/h2-9H,10H2,1H3,(H,21,22). The second kappa shape index (κ2) is 6.97. The highest BCUT2D eigenvalue weighted by Crippen LogP contribution is 2.37. The molecule has 0 aliphatic rings. The summed E-state index contributed by atoms with van der Waals surface area (Å²) in [6, 6.07) is 12.1. The number of carbonyl (C=O) groups is 1. The molecule has 0 saturated carbocycles. The summed E-state index contributed by atoms with van der Waals surface area (Å²) in [6.07, 6.45) is 0.907. The Morgan fingerprint density at radius 3 is 2.19 bits per heavy atom. The molecule has 5 nitrogen and oxygen atoms in total. The lowest BCUT2D eigenvalue weighted by Gasteiger charge is -2.04. The second-order valence-electron chi connectivity index (χ2n) is 5.66. The summed E-state index contributed by atoms with van der Waals surface area (Å²) < 4.78 is 36.4. The number of carboxylic acids is 1. The molecule has 0 atom stereocenters. The fraction of sp³-hybridized carbons (Fsp3) is 0.111. The van der Waals surface area contributed by atoms with E-state index in [2.05, 4.69) is 4.98 Å². The number of aromatic nitrogens is 1.